The van der Waals surface area contributed by atoms with Crippen LogP contribution in [0.25, 0.3) is 11.0 Å². The molecule has 4 aromatic rings. The fourth-order valence-corrected chi connectivity index (χ4v) is 3.96. The SMILES string of the molecule is Cc1cccc(C(=O)Nc2ccc3c(c2)nc(CCNC(=O)c2cccs2)n3C)c1. The van der Waals surface area contributed by atoms with E-state index in [1.807, 2.05) is 72.4 Å². The summed E-state index contributed by atoms with van der Waals surface area (Å²) in [5.41, 5.74) is 4.14. The summed E-state index contributed by atoms with van der Waals surface area (Å²) in [6.07, 6.45) is 0.618. The van der Waals surface area contributed by atoms with Gasteiger partial charge >= 0.3 is 0 Å². The van der Waals surface area contributed by atoms with Crippen LogP contribution in [0.15, 0.2) is 60.0 Å². The molecule has 0 radical (unpaired) electrons. The third-order valence-electron chi connectivity index (χ3n) is 4.89. The summed E-state index contributed by atoms with van der Waals surface area (Å²) >= 11 is 1.42. The first kappa shape index (κ1) is 19.8. The number of carbonyl (C=O) groups excluding carboxylic acids is 2. The summed E-state index contributed by atoms with van der Waals surface area (Å²) in [5, 5.41) is 7.75. The maximum absolute atomic E-state index is 12.5. The van der Waals surface area contributed by atoms with Gasteiger partial charge in [-0.2, -0.15) is 0 Å². The van der Waals surface area contributed by atoms with E-state index in [4.69, 9.17) is 0 Å². The lowest BCUT2D eigenvalue weighted by atomic mass is 10.1. The van der Waals surface area contributed by atoms with E-state index in [1.165, 1.54) is 11.3 Å². The first-order valence-electron chi connectivity index (χ1n) is 9.66. The molecule has 2 aromatic carbocycles. The largest absolute Gasteiger partial charge is 0.351 e. The van der Waals surface area contributed by atoms with Gasteiger partial charge in [-0.3, -0.25) is 9.59 Å². The highest BCUT2D eigenvalue weighted by Crippen LogP contribution is 2.21. The van der Waals surface area contributed by atoms with Crippen LogP contribution in [0.2, 0.25) is 0 Å². The van der Waals surface area contributed by atoms with Gasteiger partial charge in [-0.25, -0.2) is 4.98 Å². The third kappa shape index (κ3) is 4.26. The van der Waals surface area contributed by atoms with Crippen LogP contribution in [0.3, 0.4) is 0 Å². The van der Waals surface area contributed by atoms with Gasteiger partial charge in [0.05, 0.1) is 15.9 Å². The quantitative estimate of drug-likeness (QED) is 0.493. The number of aryl methyl sites for hydroxylation is 2. The molecule has 152 valence electrons. The maximum atomic E-state index is 12.5. The van der Waals surface area contributed by atoms with Gasteiger partial charge in [-0.15, -0.1) is 11.3 Å². The summed E-state index contributed by atoms with van der Waals surface area (Å²) in [4.78, 5) is 30.0. The van der Waals surface area contributed by atoms with Gasteiger partial charge in [0.1, 0.15) is 5.82 Å². The monoisotopic (exact) mass is 418 g/mol. The lowest BCUT2D eigenvalue weighted by Gasteiger charge is -2.06. The molecule has 30 heavy (non-hydrogen) atoms. The molecule has 4 rings (SSSR count). The van der Waals surface area contributed by atoms with Crippen molar-refractivity contribution in [2.24, 2.45) is 7.05 Å². The fraction of sp³-hybridized carbons (Fsp3) is 0.174. The van der Waals surface area contributed by atoms with Gasteiger partial charge in [0.2, 0.25) is 0 Å². The summed E-state index contributed by atoms with van der Waals surface area (Å²) in [5.74, 6) is 0.661. The number of aromatic nitrogens is 2. The summed E-state index contributed by atoms with van der Waals surface area (Å²) in [7, 11) is 1.96. The Morgan fingerprint density at radius 3 is 2.70 bits per heavy atom. The van der Waals surface area contributed by atoms with Crippen LogP contribution in [-0.4, -0.2) is 27.9 Å². The average molecular weight is 419 g/mol. The molecule has 2 aromatic heterocycles. The zero-order chi connectivity index (χ0) is 21.1. The van der Waals surface area contributed by atoms with Crippen LogP contribution < -0.4 is 10.6 Å². The van der Waals surface area contributed by atoms with Crippen molar-refractivity contribution in [1.82, 2.24) is 14.9 Å². The molecule has 0 saturated carbocycles. The Labute approximate surface area is 178 Å². The molecule has 2 N–H and O–H groups in total. The highest BCUT2D eigenvalue weighted by Gasteiger charge is 2.12. The van der Waals surface area contributed by atoms with Crippen molar-refractivity contribution in [1.29, 1.82) is 0 Å². The van der Waals surface area contributed by atoms with Crippen LogP contribution in [0.4, 0.5) is 5.69 Å². The van der Waals surface area contributed by atoms with E-state index in [0.29, 0.717) is 29.1 Å². The van der Waals surface area contributed by atoms with Gasteiger partial charge in [-0.05, 0) is 48.7 Å². The van der Waals surface area contributed by atoms with E-state index < -0.39 is 0 Å². The minimum absolute atomic E-state index is 0.0649. The zero-order valence-corrected chi connectivity index (χ0v) is 17.6. The van der Waals surface area contributed by atoms with Crippen molar-refractivity contribution in [3.63, 3.8) is 0 Å². The summed E-state index contributed by atoms with van der Waals surface area (Å²) < 4.78 is 2.01. The molecule has 2 amide bonds. The van der Waals surface area contributed by atoms with Crippen molar-refractivity contribution in [3.05, 3.63) is 81.8 Å². The molecule has 0 aliphatic rings. The van der Waals surface area contributed by atoms with Gasteiger partial charge < -0.3 is 15.2 Å². The van der Waals surface area contributed by atoms with Gasteiger partial charge in [0, 0.05) is 31.3 Å². The Bertz CT molecular complexity index is 1210. The second-order valence-corrected chi connectivity index (χ2v) is 8.05. The zero-order valence-electron chi connectivity index (χ0n) is 16.8. The van der Waals surface area contributed by atoms with Crippen LogP contribution in [0, 0.1) is 6.92 Å². The standard InChI is InChI=1S/C23H22N4O2S/c1-15-5-3-6-16(13-15)22(28)25-17-8-9-19-18(14-17)26-21(27(19)2)10-11-24-23(29)20-7-4-12-30-20/h3-9,12-14H,10-11H2,1-2H3,(H,24,29)(H,25,28). The highest BCUT2D eigenvalue weighted by atomic mass is 32.1. The maximum Gasteiger partial charge on any atom is 0.261 e. The number of nitrogens with one attached hydrogen (secondary N) is 2. The van der Waals surface area contributed by atoms with Crippen molar-refractivity contribution < 1.29 is 9.59 Å². The van der Waals surface area contributed by atoms with E-state index in [9.17, 15) is 9.59 Å². The Hall–Kier alpha value is -3.45. The lowest BCUT2D eigenvalue weighted by molar-refractivity contribution is 0.0957. The van der Waals surface area contributed by atoms with E-state index in [1.54, 1.807) is 6.07 Å². The minimum atomic E-state index is -0.148. The number of hydrogen-bond donors (Lipinski definition) is 2. The number of fused-ring (bicyclic) bond motifs is 1. The Morgan fingerprint density at radius 1 is 1.07 bits per heavy atom. The number of rotatable bonds is 6. The summed E-state index contributed by atoms with van der Waals surface area (Å²) in [6, 6.07) is 16.8. The molecule has 7 heteroatoms. The van der Waals surface area contributed by atoms with E-state index in [0.717, 1.165) is 22.4 Å². The van der Waals surface area contributed by atoms with Gasteiger partial charge in [-0.1, -0.05) is 23.8 Å². The van der Waals surface area contributed by atoms with Crippen molar-refractivity contribution >= 4 is 39.9 Å². The van der Waals surface area contributed by atoms with Crippen molar-refractivity contribution in [2.75, 3.05) is 11.9 Å². The number of imidazole rings is 1. The van der Waals surface area contributed by atoms with Crippen LogP contribution in [0.1, 0.15) is 31.4 Å². The van der Waals surface area contributed by atoms with Gasteiger partial charge in [0.25, 0.3) is 11.8 Å². The molecule has 2 heterocycles. The number of amides is 2. The van der Waals surface area contributed by atoms with Crippen LogP contribution in [-0.2, 0) is 13.5 Å². The Morgan fingerprint density at radius 2 is 1.93 bits per heavy atom. The Balaban J connectivity index is 1.44. The predicted molar refractivity (Wildman–Crippen MR) is 120 cm³/mol. The average Bonchev–Trinajstić information content (AvgIpc) is 3.37. The molecule has 0 fully saturated rings. The molecule has 0 aliphatic heterocycles. The molecule has 6 nitrogen and oxygen atoms in total. The lowest BCUT2D eigenvalue weighted by Crippen LogP contribution is -2.25. The Kier molecular flexibility index (Phi) is 5.63. The number of hydrogen-bond acceptors (Lipinski definition) is 4. The van der Waals surface area contributed by atoms with E-state index in [-0.39, 0.29) is 11.8 Å². The van der Waals surface area contributed by atoms with Gasteiger partial charge in [0.15, 0.2) is 0 Å². The topological polar surface area (TPSA) is 76.0 Å². The number of nitrogens with zero attached hydrogens (tertiary/aromatic N) is 2. The van der Waals surface area contributed by atoms with Crippen LogP contribution in [0.5, 0.6) is 0 Å². The second-order valence-electron chi connectivity index (χ2n) is 7.10. The molecule has 0 saturated heterocycles. The molecule has 0 aliphatic carbocycles. The molecular weight excluding hydrogens is 396 g/mol. The highest BCUT2D eigenvalue weighted by molar-refractivity contribution is 7.12. The normalized spacial score (nSPS) is 10.9. The van der Waals surface area contributed by atoms with Crippen LogP contribution >= 0.6 is 11.3 Å². The summed E-state index contributed by atoms with van der Waals surface area (Å²) in [6.45, 7) is 2.46. The molecule has 0 bridgehead atoms. The molecule has 0 atom stereocenters. The van der Waals surface area contributed by atoms with E-state index >= 15 is 0 Å². The predicted octanol–water partition coefficient (Wildman–Crippen LogP) is 4.17. The number of benzene rings is 2. The first-order valence-corrected chi connectivity index (χ1v) is 10.5. The first-order chi connectivity index (χ1) is 14.5. The van der Waals surface area contributed by atoms with E-state index in [2.05, 4.69) is 15.6 Å². The molecule has 0 unspecified atom stereocenters. The molecular formula is C23H22N4O2S. The van der Waals surface area contributed by atoms with Crippen molar-refractivity contribution in [2.45, 2.75) is 13.3 Å². The second kappa shape index (κ2) is 8.51. The van der Waals surface area contributed by atoms with Crippen molar-refractivity contribution in [3.8, 4) is 0 Å². The third-order valence-corrected chi connectivity index (χ3v) is 5.76. The number of carbonyl (C=O) groups is 2. The molecule has 0 spiro atoms. The fourth-order valence-electron chi connectivity index (χ4n) is 3.32. The number of thiophene rings is 1. The number of anilines is 1. The minimum Gasteiger partial charge on any atom is -0.351 e. The smallest absolute Gasteiger partial charge is 0.261 e.